The highest BCUT2D eigenvalue weighted by molar-refractivity contribution is 7.85. The zero-order chi connectivity index (χ0) is 16.2. The number of aromatic nitrogens is 4. The van der Waals surface area contributed by atoms with Gasteiger partial charge in [-0.3, -0.25) is 9.00 Å². The van der Waals surface area contributed by atoms with Gasteiger partial charge in [-0.15, -0.1) is 5.10 Å². The van der Waals surface area contributed by atoms with Gasteiger partial charge in [-0.05, 0) is 49.0 Å². The lowest BCUT2D eigenvalue weighted by Gasteiger charge is -2.22. The molecule has 0 unspecified atom stereocenters. The third kappa shape index (κ3) is 4.37. The molecule has 0 radical (unpaired) electrons. The van der Waals surface area contributed by atoms with E-state index >= 15 is 0 Å². The molecule has 1 amide bonds. The average molecular weight is 339 g/mol. The zero-order valence-electron chi connectivity index (χ0n) is 13.6. The van der Waals surface area contributed by atoms with Crippen LogP contribution in [0.1, 0.15) is 63.7 Å². The molecule has 7 nitrogen and oxygen atoms in total. The molecule has 0 bridgehead atoms. The van der Waals surface area contributed by atoms with Gasteiger partial charge in [0, 0.05) is 17.3 Å². The van der Waals surface area contributed by atoms with Crippen molar-refractivity contribution in [1.29, 1.82) is 0 Å². The van der Waals surface area contributed by atoms with Crippen LogP contribution in [-0.2, 0) is 21.3 Å². The zero-order valence-corrected chi connectivity index (χ0v) is 14.4. The van der Waals surface area contributed by atoms with Crippen molar-refractivity contribution >= 4 is 16.7 Å². The van der Waals surface area contributed by atoms with Gasteiger partial charge in [0.25, 0.3) is 0 Å². The average Bonchev–Trinajstić information content (AvgIpc) is 3.32. The second-order valence-corrected chi connectivity index (χ2v) is 8.44. The minimum absolute atomic E-state index is 0.126. The lowest BCUT2D eigenvalue weighted by Crippen LogP contribution is -2.39. The maximum Gasteiger partial charge on any atom is 0.235 e. The first-order valence-corrected chi connectivity index (χ1v) is 9.95. The summed E-state index contributed by atoms with van der Waals surface area (Å²) in [6.07, 6.45) is 8.34. The van der Waals surface area contributed by atoms with Crippen molar-refractivity contribution in [3.63, 3.8) is 0 Å². The summed E-state index contributed by atoms with van der Waals surface area (Å²) in [5.74, 6) is 1.31. The van der Waals surface area contributed by atoms with Gasteiger partial charge in [-0.1, -0.05) is 19.3 Å². The topological polar surface area (TPSA) is 89.8 Å². The van der Waals surface area contributed by atoms with Crippen LogP contribution in [-0.4, -0.2) is 42.1 Å². The van der Waals surface area contributed by atoms with Gasteiger partial charge in [0.2, 0.25) is 5.91 Å². The summed E-state index contributed by atoms with van der Waals surface area (Å²) < 4.78 is 14.2. The molecule has 2 atom stereocenters. The minimum atomic E-state index is -1.31. The summed E-state index contributed by atoms with van der Waals surface area (Å²) in [4.78, 5) is 12.2. The molecule has 2 saturated carbocycles. The van der Waals surface area contributed by atoms with Crippen molar-refractivity contribution in [2.75, 3.05) is 6.54 Å². The fraction of sp³-hybridized carbons (Fsp3) is 0.867. The maximum atomic E-state index is 12.4. The highest BCUT2D eigenvalue weighted by atomic mass is 32.2. The van der Waals surface area contributed by atoms with E-state index in [4.69, 9.17) is 0 Å². The first-order valence-electron chi connectivity index (χ1n) is 8.56. The molecule has 1 aromatic rings. The summed E-state index contributed by atoms with van der Waals surface area (Å²) >= 11 is 0. The largest absolute Gasteiger partial charge is 0.355 e. The van der Waals surface area contributed by atoms with Crippen LogP contribution in [0.15, 0.2) is 0 Å². The lowest BCUT2D eigenvalue weighted by molar-refractivity contribution is -0.120. The summed E-state index contributed by atoms with van der Waals surface area (Å²) in [6, 6.07) is 0.354. The first-order chi connectivity index (χ1) is 11.1. The van der Waals surface area contributed by atoms with Gasteiger partial charge in [0.05, 0.1) is 11.8 Å². The summed E-state index contributed by atoms with van der Waals surface area (Å²) in [5, 5.41) is 14.0. The number of carbonyl (C=O) groups excluding carboxylic acids is 1. The van der Waals surface area contributed by atoms with Crippen molar-refractivity contribution in [2.45, 2.75) is 68.9 Å². The van der Waals surface area contributed by atoms with Crippen LogP contribution in [0.2, 0.25) is 0 Å². The third-order valence-electron chi connectivity index (χ3n) is 4.78. The molecule has 3 rings (SSSR count). The SMILES string of the molecule is C[C@H](C(=O)NCC1CCCCC1)[S@](=O)Cc1nnnn1C1CC1. The Bertz CT molecular complexity index is 566. The lowest BCUT2D eigenvalue weighted by atomic mass is 9.89. The van der Waals surface area contributed by atoms with Gasteiger partial charge in [0.15, 0.2) is 5.82 Å². The molecule has 23 heavy (non-hydrogen) atoms. The van der Waals surface area contributed by atoms with Crippen molar-refractivity contribution in [2.24, 2.45) is 5.92 Å². The molecule has 0 saturated heterocycles. The second-order valence-electron chi connectivity index (χ2n) is 6.69. The molecule has 2 aliphatic rings. The van der Waals surface area contributed by atoms with E-state index in [9.17, 15) is 9.00 Å². The molecule has 1 aromatic heterocycles. The Balaban J connectivity index is 1.47. The number of amides is 1. The van der Waals surface area contributed by atoms with Crippen LogP contribution < -0.4 is 5.32 Å². The number of hydrogen-bond acceptors (Lipinski definition) is 5. The standard InChI is InChI=1S/C15H25N5O2S/c1-11(15(21)16-9-12-5-3-2-4-6-12)23(22)10-14-17-18-19-20(14)13-7-8-13/h11-13H,2-10H2,1H3,(H,16,21)/t11-,23-/m1/s1. The van der Waals surface area contributed by atoms with Gasteiger partial charge >= 0.3 is 0 Å². The van der Waals surface area contributed by atoms with Crippen molar-refractivity contribution in [3.05, 3.63) is 5.82 Å². The van der Waals surface area contributed by atoms with E-state index in [-0.39, 0.29) is 11.7 Å². The maximum absolute atomic E-state index is 12.4. The smallest absolute Gasteiger partial charge is 0.235 e. The highest BCUT2D eigenvalue weighted by Gasteiger charge is 2.29. The quantitative estimate of drug-likeness (QED) is 0.810. The predicted octanol–water partition coefficient (Wildman–Crippen LogP) is 1.34. The Kier molecular flexibility index (Phi) is 5.40. The van der Waals surface area contributed by atoms with Gasteiger partial charge < -0.3 is 5.32 Å². The molecule has 128 valence electrons. The van der Waals surface area contributed by atoms with E-state index in [0.717, 1.165) is 12.8 Å². The Morgan fingerprint density at radius 1 is 1.30 bits per heavy atom. The molecule has 2 fully saturated rings. The van der Waals surface area contributed by atoms with Crippen LogP contribution >= 0.6 is 0 Å². The van der Waals surface area contributed by atoms with Gasteiger partial charge in [0.1, 0.15) is 5.25 Å². The number of tetrazole rings is 1. The van der Waals surface area contributed by atoms with Gasteiger partial charge in [-0.2, -0.15) is 0 Å². The Hall–Kier alpha value is -1.31. The van der Waals surface area contributed by atoms with Crippen LogP contribution in [0.5, 0.6) is 0 Å². The van der Waals surface area contributed by atoms with E-state index in [0.29, 0.717) is 24.3 Å². The third-order valence-corrected chi connectivity index (χ3v) is 6.32. The molecule has 1 heterocycles. The molecule has 0 aromatic carbocycles. The molecule has 0 aliphatic heterocycles. The second kappa shape index (κ2) is 7.51. The van der Waals surface area contributed by atoms with E-state index in [2.05, 4.69) is 20.8 Å². The van der Waals surface area contributed by atoms with E-state index in [1.807, 2.05) is 0 Å². The number of hydrogen-bond donors (Lipinski definition) is 1. The highest BCUT2D eigenvalue weighted by Crippen LogP contribution is 2.34. The van der Waals surface area contributed by atoms with Crippen molar-refractivity contribution < 1.29 is 9.00 Å². The monoisotopic (exact) mass is 339 g/mol. The van der Waals surface area contributed by atoms with Crippen LogP contribution in [0.25, 0.3) is 0 Å². The van der Waals surface area contributed by atoms with Gasteiger partial charge in [-0.25, -0.2) is 4.68 Å². The van der Waals surface area contributed by atoms with E-state index in [1.165, 1.54) is 32.1 Å². The van der Waals surface area contributed by atoms with E-state index < -0.39 is 16.0 Å². The summed E-state index contributed by atoms with van der Waals surface area (Å²) in [6.45, 7) is 2.43. The number of nitrogens with zero attached hydrogens (tertiary/aromatic N) is 4. The normalized spacial score (nSPS) is 21.8. The van der Waals surface area contributed by atoms with Crippen LogP contribution in [0.4, 0.5) is 0 Å². The summed E-state index contributed by atoms with van der Waals surface area (Å²) in [7, 11) is -1.31. The predicted molar refractivity (Wildman–Crippen MR) is 87.0 cm³/mol. The van der Waals surface area contributed by atoms with Crippen LogP contribution in [0, 0.1) is 5.92 Å². The number of carbonyl (C=O) groups is 1. The first kappa shape index (κ1) is 16.5. The van der Waals surface area contributed by atoms with E-state index in [1.54, 1.807) is 11.6 Å². The van der Waals surface area contributed by atoms with Crippen molar-refractivity contribution in [1.82, 2.24) is 25.5 Å². The van der Waals surface area contributed by atoms with Crippen molar-refractivity contribution in [3.8, 4) is 0 Å². The van der Waals surface area contributed by atoms with Crippen LogP contribution in [0.3, 0.4) is 0 Å². The fourth-order valence-corrected chi connectivity index (χ4v) is 4.08. The summed E-state index contributed by atoms with van der Waals surface area (Å²) in [5.41, 5.74) is 0. The molecule has 1 N–H and O–H groups in total. The Labute approximate surface area is 139 Å². The minimum Gasteiger partial charge on any atom is -0.355 e. The molecule has 0 spiro atoms. The molecule has 2 aliphatic carbocycles. The number of rotatable bonds is 7. The molecular weight excluding hydrogens is 314 g/mol. The fourth-order valence-electron chi connectivity index (χ4n) is 3.06. The Morgan fingerprint density at radius 2 is 2.04 bits per heavy atom. The molecular formula is C15H25N5O2S. The number of nitrogens with one attached hydrogen (secondary N) is 1. The molecule has 8 heteroatoms. The Morgan fingerprint density at radius 3 is 2.74 bits per heavy atom.